The second-order valence-corrected chi connectivity index (χ2v) is 3.95. The quantitative estimate of drug-likeness (QED) is 0.765. The molecule has 0 fully saturated rings. The largest absolute Gasteiger partial charge is 0.395 e. The molecule has 7 heteroatoms. The molecule has 1 amide bonds. The van der Waals surface area contributed by atoms with Crippen molar-refractivity contribution < 1.29 is 23.4 Å². The van der Waals surface area contributed by atoms with Gasteiger partial charge in [-0.25, -0.2) is 8.78 Å². The van der Waals surface area contributed by atoms with Gasteiger partial charge in [-0.2, -0.15) is 0 Å². The Morgan fingerprint density at radius 1 is 1.58 bits per heavy atom. The molecule has 0 unspecified atom stereocenters. The van der Waals surface area contributed by atoms with Crippen LogP contribution >= 0.6 is 0 Å². The highest BCUT2D eigenvalue weighted by molar-refractivity contribution is 5.92. The van der Waals surface area contributed by atoms with Gasteiger partial charge in [-0.1, -0.05) is 0 Å². The maximum atomic E-state index is 12.4. The normalized spacial score (nSPS) is 11.0. The van der Waals surface area contributed by atoms with Crippen LogP contribution in [0.15, 0.2) is 18.3 Å². The fraction of sp³-hybridized carbons (Fsp3) is 0.583. The van der Waals surface area contributed by atoms with Crippen LogP contribution < -0.4 is 0 Å². The standard InChI is InChI=1S/C12H18F2N2O3/c1-19-8-6-15-4-2-3-10(15)12(18)16(5-7-17)9-11(13)14/h2-4,11,17H,5-9H2,1H3. The Morgan fingerprint density at radius 2 is 2.32 bits per heavy atom. The highest BCUT2D eigenvalue weighted by Gasteiger charge is 2.21. The molecule has 0 bridgehead atoms. The van der Waals surface area contributed by atoms with E-state index in [1.165, 1.54) is 0 Å². The number of carbonyl (C=O) groups is 1. The highest BCUT2D eigenvalue weighted by atomic mass is 19.3. The SMILES string of the molecule is COCCn1cccc1C(=O)N(CCO)CC(F)F. The van der Waals surface area contributed by atoms with Crippen LogP contribution in [0, 0.1) is 0 Å². The molecule has 0 saturated heterocycles. The first kappa shape index (κ1) is 15.6. The maximum absolute atomic E-state index is 12.4. The van der Waals surface area contributed by atoms with Gasteiger partial charge in [0.15, 0.2) is 0 Å². The van der Waals surface area contributed by atoms with E-state index in [1.807, 2.05) is 0 Å². The van der Waals surface area contributed by atoms with Crippen molar-refractivity contribution >= 4 is 5.91 Å². The molecule has 1 N–H and O–H groups in total. The summed E-state index contributed by atoms with van der Waals surface area (Å²) in [7, 11) is 1.54. The van der Waals surface area contributed by atoms with E-state index in [0.29, 0.717) is 18.8 Å². The minimum atomic E-state index is -2.63. The van der Waals surface area contributed by atoms with E-state index in [0.717, 1.165) is 4.90 Å². The van der Waals surface area contributed by atoms with E-state index < -0.39 is 18.9 Å². The van der Waals surface area contributed by atoms with Crippen LogP contribution in [0.5, 0.6) is 0 Å². The van der Waals surface area contributed by atoms with Gasteiger partial charge in [0.05, 0.1) is 19.8 Å². The number of methoxy groups -OCH3 is 1. The molecule has 5 nitrogen and oxygen atoms in total. The zero-order chi connectivity index (χ0) is 14.3. The van der Waals surface area contributed by atoms with Crippen LogP contribution in [0.4, 0.5) is 8.78 Å². The van der Waals surface area contributed by atoms with Crippen LogP contribution in [-0.2, 0) is 11.3 Å². The van der Waals surface area contributed by atoms with Gasteiger partial charge in [-0.05, 0) is 12.1 Å². The molecule has 0 aliphatic carbocycles. The van der Waals surface area contributed by atoms with Gasteiger partial charge in [-0.15, -0.1) is 0 Å². The van der Waals surface area contributed by atoms with Gasteiger partial charge >= 0.3 is 0 Å². The minimum Gasteiger partial charge on any atom is -0.395 e. The molecule has 1 rings (SSSR count). The predicted molar refractivity (Wildman–Crippen MR) is 65.3 cm³/mol. The Labute approximate surface area is 110 Å². The molecule has 0 aliphatic heterocycles. The average Bonchev–Trinajstić information content (AvgIpc) is 2.82. The van der Waals surface area contributed by atoms with Gasteiger partial charge in [-0.3, -0.25) is 4.79 Å². The average molecular weight is 276 g/mol. The fourth-order valence-corrected chi connectivity index (χ4v) is 1.72. The number of aliphatic hydroxyl groups is 1. The van der Waals surface area contributed by atoms with Crippen LogP contribution in [0.3, 0.4) is 0 Å². The predicted octanol–water partition coefficient (Wildman–Crippen LogP) is 0.834. The lowest BCUT2D eigenvalue weighted by Gasteiger charge is -2.22. The summed E-state index contributed by atoms with van der Waals surface area (Å²) in [5.41, 5.74) is 0.311. The van der Waals surface area contributed by atoms with Gasteiger partial charge in [0.25, 0.3) is 12.3 Å². The molecule has 19 heavy (non-hydrogen) atoms. The monoisotopic (exact) mass is 276 g/mol. The van der Waals surface area contributed by atoms with Crippen molar-refractivity contribution in [3.63, 3.8) is 0 Å². The van der Waals surface area contributed by atoms with Crippen molar-refractivity contribution in [1.82, 2.24) is 9.47 Å². The van der Waals surface area contributed by atoms with Gasteiger partial charge in [0.2, 0.25) is 0 Å². The second kappa shape index (κ2) is 7.85. The smallest absolute Gasteiger partial charge is 0.270 e. The van der Waals surface area contributed by atoms with Gasteiger partial charge in [0, 0.05) is 26.4 Å². The van der Waals surface area contributed by atoms with Crippen molar-refractivity contribution in [3.8, 4) is 0 Å². The Balaban J connectivity index is 2.80. The molecule has 0 aromatic carbocycles. The lowest BCUT2D eigenvalue weighted by atomic mass is 10.3. The zero-order valence-corrected chi connectivity index (χ0v) is 10.8. The molecule has 0 saturated carbocycles. The van der Waals surface area contributed by atoms with Gasteiger partial charge in [0.1, 0.15) is 5.69 Å². The molecule has 1 heterocycles. The summed E-state index contributed by atoms with van der Waals surface area (Å²) in [6, 6.07) is 3.23. The van der Waals surface area contributed by atoms with Crippen molar-refractivity contribution in [3.05, 3.63) is 24.0 Å². The van der Waals surface area contributed by atoms with E-state index in [-0.39, 0.29) is 13.2 Å². The molecule has 1 aromatic heterocycles. The number of rotatable bonds is 8. The van der Waals surface area contributed by atoms with E-state index in [1.54, 1.807) is 30.0 Å². The third-order valence-corrected chi connectivity index (χ3v) is 2.60. The molecular weight excluding hydrogens is 258 g/mol. The number of amides is 1. The lowest BCUT2D eigenvalue weighted by Crippen LogP contribution is -2.38. The first-order valence-corrected chi connectivity index (χ1v) is 5.92. The van der Waals surface area contributed by atoms with E-state index >= 15 is 0 Å². The Bertz CT molecular complexity index is 396. The summed E-state index contributed by atoms with van der Waals surface area (Å²) in [5.74, 6) is -0.518. The molecule has 1 aromatic rings. The summed E-state index contributed by atoms with van der Waals surface area (Å²) in [4.78, 5) is 13.1. The van der Waals surface area contributed by atoms with E-state index in [9.17, 15) is 13.6 Å². The topological polar surface area (TPSA) is 54.7 Å². The number of halogens is 2. The number of alkyl halides is 2. The first-order valence-electron chi connectivity index (χ1n) is 5.92. The summed E-state index contributed by atoms with van der Waals surface area (Å²) in [6.07, 6.45) is -0.941. The van der Waals surface area contributed by atoms with Crippen LogP contribution in [-0.4, -0.2) is 60.3 Å². The highest BCUT2D eigenvalue weighted by Crippen LogP contribution is 2.09. The molecule has 108 valence electrons. The Hall–Kier alpha value is -1.47. The summed E-state index contributed by atoms with van der Waals surface area (Å²) >= 11 is 0. The number of aromatic nitrogens is 1. The number of ether oxygens (including phenoxy) is 1. The molecule has 0 radical (unpaired) electrons. The molecule has 0 atom stereocenters. The maximum Gasteiger partial charge on any atom is 0.270 e. The van der Waals surface area contributed by atoms with E-state index in [2.05, 4.69) is 0 Å². The molecule has 0 aliphatic rings. The van der Waals surface area contributed by atoms with Crippen molar-refractivity contribution in [2.24, 2.45) is 0 Å². The Morgan fingerprint density at radius 3 is 2.89 bits per heavy atom. The molecular formula is C12H18F2N2O3. The number of carbonyl (C=O) groups excluding carboxylic acids is 1. The Kier molecular flexibility index (Phi) is 6.44. The van der Waals surface area contributed by atoms with Crippen LogP contribution in [0.2, 0.25) is 0 Å². The van der Waals surface area contributed by atoms with E-state index in [4.69, 9.17) is 9.84 Å². The summed E-state index contributed by atoms with van der Waals surface area (Å²) < 4.78 is 31.4. The summed E-state index contributed by atoms with van der Waals surface area (Å²) in [6.45, 7) is -0.263. The minimum absolute atomic E-state index is 0.112. The molecule has 0 spiro atoms. The van der Waals surface area contributed by atoms with Gasteiger partial charge < -0.3 is 19.3 Å². The zero-order valence-electron chi connectivity index (χ0n) is 10.8. The van der Waals surface area contributed by atoms with Crippen molar-refractivity contribution in [2.75, 3.05) is 33.4 Å². The fourth-order valence-electron chi connectivity index (χ4n) is 1.72. The number of hydrogen-bond acceptors (Lipinski definition) is 3. The third-order valence-electron chi connectivity index (χ3n) is 2.60. The van der Waals surface area contributed by atoms with Crippen molar-refractivity contribution in [2.45, 2.75) is 13.0 Å². The first-order chi connectivity index (χ1) is 9.10. The van der Waals surface area contributed by atoms with Crippen molar-refractivity contribution in [1.29, 1.82) is 0 Å². The lowest BCUT2D eigenvalue weighted by molar-refractivity contribution is 0.0498. The summed E-state index contributed by atoms with van der Waals surface area (Å²) in [5, 5.41) is 8.84. The third kappa shape index (κ3) is 4.60. The second-order valence-electron chi connectivity index (χ2n) is 3.95. The number of aliphatic hydroxyl groups excluding tert-OH is 1. The number of nitrogens with zero attached hydrogens (tertiary/aromatic N) is 2. The number of hydrogen-bond donors (Lipinski definition) is 1. The van der Waals surface area contributed by atoms with Crippen LogP contribution in [0.25, 0.3) is 0 Å². The van der Waals surface area contributed by atoms with Crippen LogP contribution in [0.1, 0.15) is 10.5 Å².